The molecule has 3 aromatic rings. The van der Waals surface area contributed by atoms with Gasteiger partial charge in [-0.05, 0) is 54.9 Å². The molecule has 0 bridgehead atoms. The van der Waals surface area contributed by atoms with Crippen molar-refractivity contribution in [1.29, 1.82) is 0 Å². The fourth-order valence-corrected chi connectivity index (χ4v) is 4.10. The van der Waals surface area contributed by atoms with Gasteiger partial charge in [0, 0.05) is 29.7 Å². The first-order chi connectivity index (χ1) is 13.6. The lowest BCUT2D eigenvalue weighted by Crippen LogP contribution is -2.21. The highest BCUT2D eigenvalue weighted by molar-refractivity contribution is 6.42. The van der Waals surface area contributed by atoms with E-state index in [9.17, 15) is 4.79 Å². The first-order valence-corrected chi connectivity index (χ1v) is 9.96. The molecule has 2 heterocycles. The average Bonchev–Trinajstić information content (AvgIpc) is 2.85. The molecule has 7 heteroatoms. The Labute approximate surface area is 173 Å². The van der Waals surface area contributed by atoms with Crippen LogP contribution in [0.25, 0.3) is 10.9 Å². The number of amides is 1. The van der Waals surface area contributed by atoms with Crippen LogP contribution < -0.4 is 15.4 Å². The van der Waals surface area contributed by atoms with E-state index < -0.39 is 0 Å². The number of hydrogen-bond acceptors (Lipinski definition) is 3. The Morgan fingerprint density at radius 2 is 1.86 bits per heavy atom. The number of carbonyl (C=O) groups excluding carboxylic acids is 1. The molecule has 0 aliphatic carbocycles. The molecular formula is C21H21Cl2N3O2. The van der Waals surface area contributed by atoms with E-state index in [1.165, 1.54) is 11.3 Å². The number of hydrogen-bond donors (Lipinski definition) is 2. The molecule has 2 N–H and O–H groups in total. The van der Waals surface area contributed by atoms with Gasteiger partial charge < -0.3 is 19.9 Å². The van der Waals surface area contributed by atoms with E-state index in [0.717, 1.165) is 48.3 Å². The van der Waals surface area contributed by atoms with Crippen LogP contribution >= 0.6 is 23.2 Å². The topological polar surface area (TPSA) is 55.3 Å². The molecule has 1 aromatic heterocycles. The van der Waals surface area contributed by atoms with Crippen molar-refractivity contribution in [2.75, 3.05) is 25.5 Å². The second kappa shape index (κ2) is 8.03. The molecule has 0 saturated carbocycles. The lowest BCUT2D eigenvalue weighted by Gasteiger charge is -2.12. The summed E-state index contributed by atoms with van der Waals surface area (Å²) in [6.07, 6.45) is 1.76. The summed E-state index contributed by atoms with van der Waals surface area (Å²) in [5.41, 5.74) is 4.10. The molecule has 0 spiro atoms. The minimum Gasteiger partial charge on any atom is -0.497 e. The van der Waals surface area contributed by atoms with Gasteiger partial charge in [-0.1, -0.05) is 23.2 Å². The highest BCUT2D eigenvalue weighted by atomic mass is 35.5. The largest absolute Gasteiger partial charge is 0.497 e. The maximum Gasteiger partial charge on any atom is 0.244 e. The third-order valence-electron chi connectivity index (χ3n) is 5.09. The third kappa shape index (κ3) is 3.70. The smallest absolute Gasteiger partial charge is 0.244 e. The summed E-state index contributed by atoms with van der Waals surface area (Å²) in [4.78, 5) is 12.8. The summed E-state index contributed by atoms with van der Waals surface area (Å²) in [6.45, 7) is 2.01. The quantitative estimate of drug-likeness (QED) is 0.665. The van der Waals surface area contributed by atoms with Crippen molar-refractivity contribution < 1.29 is 9.53 Å². The molecule has 0 radical (unpaired) electrons. The number of nitrogens with one attached hydrogen (secondary N) is 2. The number of fused-ring (bicyclic) bond motifs is 3. The van der Waals surface area contributed by atoms with Crippen molar-refractivity contribution in [3.05, 3.63) is 57.7 Å². The van der Waals surface area contributed by atoms with Gasteiger partial charge in [-0.25, -0.2) is 0 Å². The van der Waals surface area contributed by atoms with Crippen molar-refractivity contribution in [1.82, 2.24) is 9.88 Å². The molecule has 146 valence electrons. The number of methoxy groups -OCH3 is 1. The van der Waals surface area contributed by atoms with Crippen molar-refractivity contribution in [3.63, 3.8) is 0 Å². The summed E-state index contributed by atoms with van der Waals surface area (Å²) >= 11 is 12.6. The highest BCUT2D eigenvalue weighted by Crippen LogP contribution is 2.34. The van der Waals surface area contributed by atoms with E-state index in [2.05, 4.69) is 15.2 Å². The van der Waals surface area contributed by atoms with Gasteiger partial charge >= 0.3 is 0 Å². The number of aromatic nitrogens is 1. The predicted octanol–water partition coefficient (Wildman–Crippen LogP) is 4.28. The van der Waals surface area contributed by atoms with Gasteiger partial charge in [0.05, 0.1) is 22.7 Å². The molecule has 2 aromatic carbocycles. The third-order valence-corrected chi connectivity index (χ3v) is 5.82. The van der Waals surface area contributed by atoms with Crippen molar-refractivity contribution >= 4 is 45.7 Å². The Kier molecular flexibility index (Phi) is 5.49. The molecule has 1 amide bonds. The molecule has 28 heavy (non-hydrogen) atoms. The fourth-order valence-electron chi connectivity index (χ4n) is 3.77. The molecule has 5 nitrogen and oxygen atoms in total. The monoisotopic (exact) mass is 417 g/mol. The van der Waals surface area contributed by atoms with Crippen LogP contribution in [0.5, 0.6) is 5.75 Å². The van der Waals surface area contributed by atoms with Crippen LogP contribution in [0.3, 0.4) is 0 Å². The molecule has 0 atom stereocenters. The van der Waals surface area contributed by atoms with Crippen molar-refractivity contribution in [2.45, 2.75) is 19.4 Å². The van der Waals surface area contributed by atoms with E-state index in [-0.39, 0.29) is 12.5 Å². The first kappa shape index (κ1) is 19.1. The molecule has 1 aliphatic heterocycles. The molecule has 0 unspecified atom stereocenters. The number of anilines is 1. The fraction of sp³-hybridized carbons (Fsp3) is 0.286. The number of nitrogens with zero attached hydrogens (tertiary/aromatic N) is 1. The maximum absolute atomic E-state index is 12.8. The Morgan fingerprint density at radius 3 is 2.61 bits per heavy atom. The average molecular weight is 418 g/mol. The summed E-state index contributed by atoms with van der Waals surface area (Å²) in [6, 6.07) is 11.1. The van der Waals surface area contributed by atoms with E-state index in [0.29, 0.717) is 10.0 Å². The van der Waals surface area contributed by atoms with Gasteiger partial charge in [-0.3, -0.25) is 4.79 Å². The lowest BCUT2D eigenvalue weighted by atomic mass is 10.1. The number of ether oxygens (including phenoxy) is 1. The second-order valence-electron chi connectivity index (χ2n) is 6.82. The number of carbonyl (C=O) groups is 1. The van der Waals surface area contributed by atoms with E-state index >= 15 is 0 Å². The van der Waals surface area contributed by atoms with Crippen LogP contribution in [0.4, 0.5) is 5.69 Å². The maximum atomic E-state index is 12.8. The Morgan fingerprint density at radius 1 is 1.14 bits per heavy atom. The van der Waals surface area contributed by atoms with Crippen LogP contribution in [-0.4, -0.2) is 30.7 Å². The molecule has 0 saturated heterocycles. The Hall–Kier alpha value is -2.21. The molecule has 4 rings (SSSR count). The van der Waals surface area contributed by atoms with Crippen LogP contribution in [0, 0.1) is 0 Å². The van der Waals surface area contributed by atoms with Gasteiger partial charge in [0.1, 0.15) is 12.3 Å². The van der Waals surface area contributed by atoms with Gasteiger partial charge in [0.2, 0.25) is 5.91 Å². The SMILES string of the molecule is COc1ccc(NC(=O)Cn2c3c(c4cc(Cl)c(Cl)cc42)CCNCC3)cc1. The summed E-state index contributed by atoms with van der Waals surface area (Å²) in [5.74, 6) is 0.659. The zero-order valence-electron chi connectivity index (χ0n) is 15.5. The van der Waals surface area contributed by atoms with Gasteiger partial charge in [0.25, 0.3) is 0 Å². The first-order valence-electron chi connectivity index (χ1n) is 9.20. The Balaban J connectivity index is 1.67. The molecule has 0 fully saturated rings. The second-order valence-corrected chi connectivity index (χ2v) is 7.64. The van der Waals surface area contributed by atoms with E-state index in [1.807, 2.05) is 36.4 Å². The predicted molar refractivity (Wildman–Crippen MR) is 114 cm³/mol. The zero-order valence-corrected chi connectivity index (χ0v) is 17.0. The minimum atomic E-state index is -0.0897. The van der Waals surface area contributed by atoms with Gasteiger partial charge in [-0.15, -0.1) is 0 Å². The van der Waals surface area contributed by atoms with E-state index in [1.54, 1.807) is 7.11 Å². The number of rotatable bonds is 4. The van der Waals surface area contributed by atoms with Gasteiger partial charge in [0.15, 0.2) is 0 Å². The molecule has 1 aliphatic rings. The van der Waals surface area contributed by atoms with Crippen LogP contribution in [0.2, 0.25) is 10.0 Å². The van der Waals surface area contributed by atoms with Gasteiger partial charge in [-0.2, -0.15) is 0 Å². The van der Waals surface area contributed by atoms with Crippen molar-refractivity contribution in [2.24, 2.45) is 0 Å². The number of benzene rings is 2. The minimum absolute atomic E-state index is 0.0897. The van der Waals surface area contributed by atoms with Crippen LogP contribution in [0.1, 0.15) is 11.3 Å². The lowest BCUT2D eigenvalue weighted by molar-refractivity contribution is -0.116. The molecular weight excluding hydrogens is 397 g/mol. The van der Waals surface area contributed by atoms with Crippen molar-refractivity contribution in [3.8, 4) is 5.75 Å². The van der Waals surface area contributed by atoms with Crippen LogP contribution in [0.15, 0.2) is 36.4 Å². The summed E-state index contributed by atoms with van der Waals surface area (Å²) in [7, 11) is 1.61. The van der Waals surface area contributed by atoms with E-state index in [4.69, 9.17) is 27.9 Å². The highest BCUT2D eigenvalue weighted by Gasteiger charge is 2.21. The number of halogens is 2. The summed E-state index contributed by atoms with van der Waals surface area (Å²) in [5, 5.41) is 8.48. The van der Waals surface area contributed by atoms with Crippen LogP contribution in [-0.2, 0) is 24.2 Å². The zero-order chi connectivity index (χ0) is 19.7. The Bertz CT molecular complexity index is 1030. The normalized spacial score (nSPS) is 13.8. The standard InChI is InChI=1S/C21H21Cl2N3O2/c1-28-14-4-2-13(3-5-14)25-21(27)12-26-19-7-9-24-8-6-15(19)16-10-17(22)18(23)11-20(16)26/h2-5,10-11,24H,6-9,12H2,1H3,(H,25,27). The summed E-state index contributed by atoms with van der Waals surface area (Å²) < 4.78 is 7.22.